The molecule has 0 saturated heterocycles. The van der Waals surface area contributed by atoms with Crippen LogP contribution in [0.4, 0.5) is 0 Å². The highest BCUT2D eigenvalue weighted by Crippen LogP contribution is 2.25. The zero-order valence-electron chi connectivity index (χ0n) is 14.0. The number of fused-ring (bicyclic) bond motifs is 1. The van der Waals surface area contributed by atoms with Crippen molar-refractivity contribution in [2.45, 2.75) is 19.8 Å². The number of hydrogen-bond acceptors (Lipinski definition) is 3. The van der Waals surface area contributed by atoms with Crippen LogP contribution < -0.4 is 10.2 Å². The number of ether oxygens (including phenoxy) is 1. The zero-order chi connectivity index (χ0) is 17.1. The summed E-state index contributed by atoms with van der Waals surface area (Å²) >= 11 is 0. The lowest BCUT2D eigenvalue weighted by atomic mass is 10.0. The van der Waals surface area contributed by atoms with Gasteiger partial charge in [0.2, 0.25) is 0 Å². The Morgan fingerprint density at radius 3 is 2.54 bits per heavy atom. The van der Waals surface area contributed by atoms with E-state index < -0.39 is 0 Å². The maximum absolute atomic E-state index is 12.3. The van der Waals surface area contributed by atoms with Gasteiger partial charge in [-0.2, -0.15) is 0 Å². The first kappa shape index (κ1) is 16.1. The molecule has 0 bridgehead atoms. The van der Waals surface area contributed by atoms with Crippen molar-refractivity contribution in [2.75, 3.05) is 7.11 Å². The maximum atomic E-state index is 12.3. The van der Waals surface area contributed by atoms with Gasteiger partial charge in [0.15, 0.2) is 5.43 Å². The molecule has 0 aliphatic carbocycles. The Kier molecular flexibility index (Phi) is 4.52. The summed E-state index contributed by atoms with van der Waals surface area (Å²) in [5.41, 5.74) is 3.78. The fourth-order valence-electron chi connectivity index (χ4n) is 2.60. The highest BCUT2D eigenvalue weighted by Gasteiger charge is 2.08. The van der Waals surface area contributed by atoms with Crippen molar-refractivity contribution in [3.8, 4) is 17.1 Å². The topological polar surface area (TPSA) is 39.4 Å². The van der Waals surface area contributed by atoms with Crippen molar-refractivity contribution in [1.29, 1.82) is 0 Å². The summed E-state index contributed by atoms with van der Waals surface area (Å²) in [6.45, 7) is 5.96. The van der Waals surface area contributed by atoms with Gasteiger partial charge in [0.25, 0.3) is 0 Å². The van der Waals surface area contributed by atoms with Crippen LogP contribution in [0.1, 0.15) is 18.9 Å². The standard InChI is InChI=1S/C21H20O3/c1-14(2)4-5-15-6-8-16(9-7-15)20-13-19(22)18-11-10-17(23-3)12-21(18)24-20/h6-13H,1,4-5H2,2-3H3. The number of benzene rings is 2. The lowest BCUT2D eigenvalue weighted by Gasteiger charge is -2.06. The van der Waals surface area contributed by atoms with E-state index in [1.807, 2.05) is 19.1 Å². The molecule has 0 N–H and O–H groups in total. The Bertz CT molecular complexity index is 933. The predicted molar refractivity (Wildman–Crippen MR) is 97.6 cm³/mol. The molecule has 122 valence electrons. The van der Waals surface area contributed by atoms with Gasteiger partial charge in [-0.25, -0.2) is 0 Å². The van der Waals surface area contributed by atoms with Crippen molar-refractivity contribution in [3.63, 3.8) is 0 Å². The third-order valence-electron chi connectivity index (χ3n) is 4.02. The lowest BCUT2D eigenvalue weighted by Crippen LogP contribution is -2.00. The first-order valence-corrected chi connectivity index (χ1v) is 7.92. The van der Waals surface area contributed by atoms with Gasteiger partial charge in [-0.1, -0.05) is 29.8 Å². The van der Waals surface area contributed by atoms with Crippen molar-refractivity contribution < 1.29 is 9.15 Å². The Morgan fingerprint density at radius 2 is 1.88 bits per heavy atom. The third kappa shape index (κ3) is 3.40. The Morgan fingerprint density at radius 1 is 1.12 bits per heavy atom. The van der Waals surface area contributed by atoms with Gasteiger partial charge < -0.3 is 9.15 Å². The van der Waals surface area contributed by atoms with Crippen LogP contribution in [0, 0.1) is 0 Å². The van der Waals surface area contributed by atoms with E-state index in [-0.39, 0.29) is 5.43 Å². The molecule has 2 aromatic carbocycles. The molecule has 3 aromatic rings. The molecule has 24 heavy (non-hydrogen) atoms. The summed E-state index contributed by atoms with van der Waals surface area (Å²) in [4.78, 5) is 12.3. The second-order valence-corrected chi connectivity index (χ2v) is 5.99. The summed E-state index contributed by atoms with van der Waals surface area (Å²) in [5, 5.41) is 0.553. The molecule has 0 amide bonds. The van der Waals surface area contributed by atoms with E-state index in [4.69, 9.17) is 9.15 Å². The van der Waals surface area contributed by atoms with E-state index in [1.54, 1.807) is 25.3 Å². The normalized spacial score (nSPS) is 10.8. The number of methoxy groups -OCH3 is 1. The fourth-order valence-corrected chi connectivity index (χ4v) is 2.60. The Hall–Kier alpha value is -2.81. The van der Waals surface area contributed by atoms with E-state index in [0.717, 1.165) is 18.4 Å². The highest BCUT2D eigenvalue weighted by molar-refractivity contribution is 5.80. The van der Waals surface area contributed by atoms with E-state index in [1.165, 1.54) is 17.2 Å². The minimum atomic E-state index is -0.0553. The smallest absolute Gasteiger partial charge is 0.193 e. The molecule has 0 atom stereocenters. The molecule has 3 rings (SSSR count). The average molecular weight is 320 g/mol. The summed E-state index contributed by atoms with van der Waals surface area (Å²) in [5.74, 6) is 1.23. The number of allylic oxidation sites excluding steroid dienone is 1. The first-order chi connectivity index (χ1) is 11.6. The van der Waals surface area contributed by atoms with Crippen LogP contribution in [0.25, 0.3) is 22.3 Å². The molecule has 1 aromatic heterocycles. The van der Waals surface area contributed by atoms with Crippen LogP contribution in [0.3, 0.4) is 0 Å². The van der Waals surface area contributed by atoms with E-state index in [9.17, 15) is 4.79 Å². The summed E-state index contributed by atoms with van der Waals surface area (Å²) < 4.78 is 11.1. The van der Waals surface area contributed by atoms with E-state index in [2.05, 4.69) is 18.7 Å². The molecular formula is C21H20O3. The second kappa shape index (κ2) is 6.75. The van der Waals surface area contributed by atoms with Crippen molar-refractivity contribution >= 4 is 11.0 Å². The van der Waals surface area contributed by atoms with Crippen LogP contribution in [-0.2, 0) is 6.42 Å². The van der Waals surface area contributed by atoms with Gasteiger partial charge >= 0.3 is 0 Å². The monoisotopic (exact) mass is 320 g/mol. The number of aryl methyl sites for hydroxylation is 1. The molecule has 0 unspecified atom stereocenters. The molecule has 0 fully saturated rings. The average Bonchev–Trinajstić information content (AvgIpc) is 2.59. The predicted octanol–water partition coefficient (Wildman–Crippen LogP) is 4.98. The maximum Gasteiger partial charge on any atom is 0.193 e. The van der Waals surface area contributed by atoms with Gasteiger partial charge in [0.1, 0.15) is 17.1 Å². The zero-order valence-corrected chi connectivity index (χ0v) is 14.0. The molecule has 0 aliphatic rings. The largest absolute Gasteiger partial charge is 0.497 e. The number of hydrogen-bond donors (Lipinski definition) is 0. The van der Waals surface area contributed by atoms with E-state index >= 15 is 0 Å². The molecule has 0 aliphatic heterocycles. The Balaban J connectivity index is 1.96. The fraction of sp³-hybridized carbons (Fsp3) is 0.190. The molecule has 0 radical (unpaired) electrons. The van der Waals surface area contributed by atoms with Crippen LogP contribution >= 0.6 is 0 Å². The van der Waals surface area contributed by atoms with Crippen molar-refractivity contribution in [3.05, 3.63) is 76.5 Å². The van der Waals surface area contributed by atoms with Crippen LogP contribution in [0.15, 0.2) is 69.9 Å². The third-order valence-corrected chi connectivity index (χ3v) is 4.02. The van der Waals surface area contributed by atoms with Gasteiger partial charge in [0, 0.05) is 17.7 Å². The first-order valence-electron chi connectivity index (χ1n) is 7.92. The minimum Gasteiger partial charge on any atom is -0.497 e. The lowest BCUT2D eigenvalue weighted by molar-refractivity contribution is 0.414. The Labute approximate surface area is 141 Å². The summed E-state index contributed by atoms with van der Waals surface area (Å²) in [7, 11) is 1.59. The SMILES string of the molecule is C=C(C)CCc1ccc(-c2cc(=O)c3ccc(OC)cc3o2)cc1. The summed E-state index contributed by atoms with van der Waals surface area (Å²) in [6, 6.07) is 14.9. The van der Waals surface area contributed by atoms with Crippen LogP contribution in [0.5, 0.6) is 5.75 Å². The second-order valence-electron chi connectivity index (χ2n) is 5.99. The molecule has 1 heterocycles. The molecule has 3 nitrogen and oxygen atoms in total. The van der Waals surface area contributed by atoms with Gasteiger partial charge in [-0.15, -0.1) is 6.58 Å². The minimum absolute atomic E-state index is 0.0553. The van der Waals surface area contributed by atoms with Crippen molar-refractivity contribution in [1.82, 2.24) is 0 Å². The number of rotatable bonds is 5. The molecule has 0 spiro atoms. The van der Waals surface area contributed by atoms with Crippen LogP contribution in [0.2, 0.25) is 0 Å². The molecule has 0 saturated carbocycles. The summed E-state index contributed by atoms with van der Waals surface area (Å²) in [6.07, 6.45) is 1.94. The van der Waals surface area contributed by atoms with Crippen LogP contribution in [-0.4, -0.2) is 7.11 Å². The van der Waals surface area contributed by atoms with Gasteiger partial charge in [-0.05, 0) is 37.5 Å². The van der Waals surface area contributed by atoms with Crippen molar-refractivity contribution in [2.24, 2.45) is 0 Å². The van der Waals surface area contributed by atoms with Gasteiger partial charge in [0.05, 0.1) is 12.5 Å². The van der Waals surface area contributed by atoms with Gasteiger partial charge in [-0.3, -0.25) is 4.79 Å². The highest BCUT2D eigenvalue weighted by atomic mass is 16.5. The van der Waals surface area contributed by atoms with E-state index in [0.29, 0.717) is 22.5 Å². The molecular weight excluding hydrogens is 300 g/mol. The molecule has 3 heteroatoms. The quantitative estimate of drug-likeness (QED) is 0.623.